The van der Waals surface area contributed by atoms with Gasteiger partial charge in [0.2, 0.25) is 0 Å². The van der Waals surface area contributed by atoms with Crippen molar-refractivity contribution in [1.82, 2.24) is 10.3 Å². The monoisotopic (exact) mass is 272 g/mol. The number of hydrogen-bond donors (Lipinski definition) is 1. The van der Waals surface area contributed by atoms with Gasteiger partial charge in [-0.25, -0.2) is 4.39 Å². The van der Waals surface area contributed by atoms with Gasteiger partial charge in [-0.05, 0) is 50.5 Å². The van der Waals surface area contributed by atoms with Crippen molar-refractivity contribution < 1.29 is 4.39 Å². The van der Waals surface area contributed by atoms with Crippen LogP contribution in [0.15, 0.2) is 30.6 Å². The van der Waals surface area contributed by atoms with E-state index in [-0.39, 0.29) is 11.9 Å². The number of nitrogens with one attached hydrogen (secondary N) is 1. The summed E-state index contributed by atoms with van der Waals surface area (Å²) in [4.78, 5) is 3.78. The standard InChI is InChI=1S/C17H21FN2/c1-11-7-12(2)16(13(3)8-11)9-20-14(4)15-5-6-19-10-17(15)18/h5-8,10,14,20H,9H2,1-4H3/t14-/m0/s1. The van der Waals surface area contributed by atoms with Gasteiger partial charge in [-0.3, -0.25) is 4.98 Å². The molecule has 2 aromatic rings. The van der Waals surface area contributed by atoms with E-state index in [0.29, 0.717) is 5.56 Å². The smallest absolute Gasteiger partial charge is 0.146 e. The molecule has 0 radical (unpaired) electrons. The molecule has 0 bridgehead atoms. The zero-order chi connectivity index (χ0) is 14.7. The highest BCUT2D eigenvalue weighted by Crippen LogP contribution is 2.19. The van der Waals surface area contributed by atoms with Crippen LogP contribution < -0.4 is 5.32 Å². The molecule has 1 atom stereocenters. The highest BCUT2D eigenvalue weighted by molar-refractivity contribution is 5.37. The van der Waals surface area contributed by atoms with E-state index in [1.54, 1.807) is 12.3 Å². The number of benzene rings is 1. The average Bonchev–Trinajstić information content (AvgIpc) is 2.37. The lowest BCUT2D eigenvalue weighted by atomic mass is 9.99. The molecule has 0 fully saturated rings. The van der Waals surface area contributed by atoms with Crippen LogP contribution in [-0.2, 0) is 6.54 Å². The maximum Gasteiger partial charge on any atom is 0.146 e. The molecule has 0 unspecified atom stereocenters. The van der Waals surface area contributed by atoms with Crippen molar-refractivity contribution in [1.29, 1.82) is 0 Å². The van der Waals surface area contributed by atoms with E-state index in [9.17, 15) is 4.39 Å². The molecule has 106 valence electrons. The summed E-state index contributed by atoms with van der Waals surface area (Å²) in [6.45, 7) is 9.05. The molecule has 1 aromatic carbocycles. The fourth-order valence-corrected chi connectivity index (χ4v) is 2.59. The molecule has 0 aliphatic carbocycles. The summed E-state index contributed by atoms with van der Waals surface area (Å²) in [7, 11) is 0. The van der Waals surface area contributed by atoms with Crippen LogP contribution >= 0.6 is 0 Å². The minimum Gasteiger partial charge on any atom is -0.306 e. The van der Waals surface area contributed by atoms with Crippen LogP contribution in [0.5, 0.6) is 0 Å². The summed E-state index contributed by atoms with van der Waals surface area (Å²) in [6.07, 6.45) is 2.88. The van der Waals surface area contributed by atoms with Crippen LogP contribution in [0.4, 0.5) is 4.39 Å². The molecule has 2 nitrogen and oxygen atoms in total. The molecule has 0 aliphatic heterocycles. The minimum atomic E-state index is -0.259. The molecule has 20 heavy (non-hydrogen) atoms. The van der Waals surface area contributed by atoms with E-state index < -0.39 is 0 Å². The van der Waals surface area contributed by atoms with Crippen LogP contribution in [0.1, 0.15) is 40.8 Å². The normalized spacial score (nSPS) is 12.4. The minimum absolute atomic E-state index is 0.0434. The first-order valence-electron chi connectivity index (χ1n) is 6.88. The Balaban J connectivity index is 2.12. The molecule has 0 aliphatic rings. The third-order valence-corrected chi connectivity index (χ3v) is 3.70. The van der Waals surface area contributed by atoms with E-state index in [1.807, 2.05) is 6.92 Å². The van der Waals surface area contributed by atoms with Gasteiger partial charge < -0.3 is 5.32 Å². The molecule has 2 rings (SSSR count). The lowest BCUT2D eigenvalue weighted by Crippen LogP contribution is -2.20. The molecule has 1 N–H and O–H groups in total. The predicted molar refractivity (Wildman–Crippen MR) is 80.1 cm³/mol. The van der Waals surface area contributed by atoms with Crippen LogP contribution in [0.3, 0.4) is 0 Å². The number of rotatable bonds is 4. The molecular formula is C17H21FN2. The van der Waals surface area contributed by atoms with Gasteiger partial charge in [0, 0.05) is 24.3 Å². The summed E-state index contributed by atoms with van der Waals surface area (Å²) in [5.41, 5.74) is 5.77. The van der Waals surface area contributed by atoms with E-state index in [1.165, 1.54) is 28.5 Å². The second-order valence-electron chi connectivity index (χ2n) is 5.38. The third-order valence-electron chi connectivity index (χ3n) is 3.70. The number of nitrogens with zero attached hydrogens (tertiary/aromatic N) is 1. The Morgan fingerprint density at radius 3 is 2.45 bits per heavy atom. The molecule has 1 aromatic heterocycles. The van der Waals surface area contributed by atoms with Crippen LogP contribution in [0.2, 0.25) is 0 Å². The van der Waals surface area contributed by atoms with Crippen LogP contribution in [-0.4, -0.2) is 4.98 Å². The number of pyridine rings is 1. The number of hydrogen-bond acceptors (Lipinski definition) is 2. The van der Waals surface area contributed by atoms with E-state index >= 15 is 0 Å². The van der Waals surface area contributed by atoms with Gasteiger partial charge >= 0.3 is 0 Å². The van der Waals surface area contributed by atoms with Crippen molar-refractivity contribution in [2.45, 2.75) is 40.3 Å². The fourth-order valence-electron chi connectivity index (χ4n) is 2.59. The second-order valence-corrected chi connectivity index (χ2v) is 5.38. The van der Waals surface area contributed by atoms with Gasteiger partial charge in [-0.2, -0.15) is 0 Å². The quantitative estimate of drug-likeness (QED) is 0.910. The molecule has 3 heteroatoms. The lowest BCUT2D eigenvalue weighted by Gasteiger charge is -2.17. The number of halogens is 1. The zero-order valence-corrected chi connectivity index (χ0v) is 12.5. The van der Waals surface area contributed by atoms with E-state index in [0.717, 1.165) is 6.54 Å². The molecule has 0 amide bonds. The van der Waals surface area contributed by atoms with Crippen LogP contribution in [0, 0.1) is 26.6 Å². The van der Waals surface area contributed by atoms with Crippen LogP contribution in [0.25, 0.3) is 0 Å². The van der Waals surface area contributed by atoms with Crippen molar-refractivity contribution in [3.05, 3.63) is 64.2 Å². The molecular weight excluding hydrogens is 251 g/mol. The fraction of sp³-hybridized carbons (Fsp3) is 0.353. The Bertz CT molecular complexity index is 585. The average molecular weight is 272 g/mol. The Hall–Kier alpha value is -1.74. The summed E-state index contributed by atoms with van der Waals surface area (Å²) >= 11 is 0. The summed E-state index contributed by atoms with van der Waals surface area (Å²) < 4.78 is 13.7. The molecule has 0 saturated heterocycles. The van der Waals surface area contributed by atoms with Crippen molar-refractivity contribution in [2.75, 3.05) is 0 Å². The summed E-state index contributed by atoms with van der Waals surface area (Å²) in [5.74, 6) is -0.259. The molecule has 1 heterocycles. The Labute approximate surface area is 120 Å². The highest BCUT2D eigenvalue weighted by Gasteiger charge is 2.11. The Morgan fingerprint density at radius 2 is 1.85 bits per heavy atom. The van der Waals surface area contributed by atoms with Gasteiger partial charge in [0.05, 0.1) is 6.20 Å². The van der Waals surface area contributed by atoms with Gasteiger partial charge in [0.25, 0.3) is 0 Å². The maximum absolute atomic E-state index is 13.7. The van der Waals surface area contributed by atoms with Crippen molar-refractivity contribution >= 4 is 0 Å². The van der Waals surface area contributed by atoms with Gasteiger partial charge in [-0.15, -0.1) is 0 Å². The third kappa shape index (κ3) is 3.23. The van der Waals surface area contributed by atoms with Gasteiger partial charge in [0.15, 0.2) is 0 Å². The van der Waals surface area contributed by atoms with Gasteiger partial charge in [0.1, 0.15) is 5.82 Å². The Morgan fingerprint density at radius 1 is 1.20 bits per heavy atom. The van der Waals surface area contributed by atoms with Crippen molar-refractivity contribution in [2.24, 2.45) is 0 Å². The van der Waals surface area contributed by atoms with E-state index in [4.69, 9.17) is 0 Å². The number of aromatic nitrogens is 1. The maximum atomic E-state index is 13.7. The predicted octanol–water partition coefficient (Wildman–Crippen LogP) is 4.00. The topological polar surface area (TPSA) is 24.9 Å². The zero-order valence-electron chi connectivity index (χ0n) is 12.5. The van der Waals surface area contributed by atoms with E-state index in [2.05, 4.69) is 43.2 Å². The summed E-state index contributed by atoms with van der Waals surface area (Å²) in [6, 6.07) is 6.05. The number of aryl methyl sites for hydroxylation is 3. The first-order valence-corrected chi connectivity index (χ1v) is 6.88. The lowest BCUT2D eigenvalue weighted by molar-refractivity contribution is 0.524. The molecule has 0 spiro atoms. The van der Waals surface area contributed by atoms with Crippen molar-refractivity contribution in [3.63, 3.8) is 0 Å². The molecule has 0 saturated carbocycles. The first kappa shape index (κ1) is 14.7. The first-order chi connectivity index (χ1) is 9.49. The van der Waals surface area contributed by atoms with Gasteiger partial charge in [-0.1, -0.05) is 17.7 Å². The highest BCUT2D eigenvalue weighted by atomic mass is 19.1. The SMILES string of the molecule is Cc1cc(C)c(CN[C@@H](C)c2ccncc2F)c(C)c1. The van der Waals surface area contributed by atoms with Crippen molar-refractivity contribution in [3.8, 4) is 0 Å². The Kier molecular flexibility index (Phi) is 4.50. The summed E-state index contributed by atoms with van der Waals surface area (Å²) in [5, 5.41) is 3.39. The largest absolute Gasteiger partial charge is 0.306 e. The second kappa shape index (κ2) is 6.14.